The number of ether oxygens (including phenoxy) is 5. The van der Waals surface area contributed by atoms with E-state index in [1.165, 1.54) is 0 Å². The second-order valence-electron chi connectivity index (χ2n) is 8.56. The third kappa shape index (κ3) is 6.85. The van der Waals surface area contributed by atoms with Gasteiger partial charge in [0.25, 0.3) is 5.56 Å². The van der Waals surface area contributed by atoms with E-state index in [0.717, 1.165) is 44.0 Å². The lowest BCUT2D eigenvalue weighted by Crippen LogP contribution is -2.61. The van der Waals surface area contributed by atoms with Crippen LogP contribution in [0.3, 0.4) is 0 Å². The standard InChI is InChI=1S/C26H27N3O10S/c1-13(30)35-12-19-21(36-14(2)31)22(37-15(3)32)23(38-16(4)33)25(39-19)29-24(34)18(11-27)20(28-26(29)40-5)17-9-7-6-8-10-17/h6-10,19,21-23,25H,12H2,1-5H3/t19-,21+,22+,23-,25-/m1/s1. The molecule has 5 atom stereocenters. The zero-order chi connectivity index (χ0) is 29.6. The van der Waals surface area contributed by atoms with Gasteiger partial charge in [-0.3, -0.25) is 28.5 Å². The summed E-state index contributed by atoms with van der Waals surface area (Å²) in [6, 6.07) is 10.5. The van der Waals surface area contributed by atoms with E-state index in [0.29, 0.717) is 5.56 Å². The van der Waals surface area contributed by atoms with E-state index in [-0.39, 0.29) is 16.4 Å². The van der Waals surface area contributed by atoms with Gasteiger partial charge in [0, 0.05) is 33.3 Å². The molecule has 0 N–H and O–H groups in total. The molecule has 40 heavy (non-hydrogen) atoms. The van der Waals surface area contributed by atoms with Gasteiger partial charge in [-0.25, -0.2) is 4.98 Å². The Morgan fingerprint density at radius 3 is 2.05 bits per heavy atom. The molecule has 1 saturated heterocycles. The summed E-state index contributed by atoms with van der Waals surface area (Å²) >= 11 is 1.04. The van der Waals surface area contributed by atoms with Crippen molar-refractivity contribution in [1.29, 1.82) is 5.26 Å². The van der Waals surface area contributed by atoms with Gasteiger partial charge in [-0.2, -0.15) is 5.26 Å². The first-order valence-corrected chi connectivity index (χ1v) is 13.2. The number of hydrogen-bond donors (Lipinski definition) is 0. The molecular weight excluding hydrogens is 546 g/mol. The van der Waals surface area contributed by atoms with Gasteiger partial charge in [-0.05, 0) is 6.26 Å². The number of carbonyl (C=O) groups is 4. The Balaban J connectivity index is 2.29. The smallest absolute Gasteiger partial charge is 0.303 e. The quantitative estimate of drug-likeness (QED) is 0.194. The molecule has 2 aromatic rings. The molecule has 0 radical (unpaired) electrons. The van der Waals surface area contributed by atoms with E-state index in [9.17, 15) is 29.2 Å². The normalized spacial score (nSPS) is 21.9. The number of benzene rings is 1. The molecule has 0 saturated carbocycles. The number of hydrogen-bond acceptors (Lipinski definition) is 13. The van der Waals surface area contributed by atoms with Crippen LogP contribution in [0.15, 0.2) is 40.3 Å². The molecule has 0 spiro atoms. The number of nitrogens with zero attached hydrogens (tertiary/aromatic N) is 3. The van der Waals surface area contributed by atoms with E-state index in [4.69, 9.17) is 23.7 Å². The molecule has 13 nitrogen and oxygen atoms in total. The van der Waals surface area contributed by atoms with Crippen LogP contribution in [0.1, 0.15) is 39.5 Å². The second-order valence-corrected chi connectivity index (χ2v) is 9.34. The van der Waals surface area contributed by atoms with Gasteiger partial charge in [0.05, 0.1) is 5.69 Å². The van der Waals surface area contributed by atoms with Gasteiger partial charge in [0.1, 0.15) is 24.3 Å². The molecule has 2 heterocycles. The molecular formula is C26H27N3O10S. The first-order valence-electron chi connectivity index (χ1n) is 11.9. The fourth-order valence-corrected chi connectivity index (χ4v) is 4.77. The second kappa shape index (κ2) is 13.2. The number of aromatic nitrogens is 2. The molecule has 1 aromatic carbocycles. The zero-order valence-corrected chi connectivity index (χ0v) is 23.1. The largest absolute Gasteiger partial charge is 0.463 e. The van der Waals surface area contributed by atoms with E-state index in [2.05, 4.69) is 4.98 Å². The fourth-order valence-electron chi connectivity index (χ4n) is 4.20. The minimum Gasteiger partial charge on any atom is -0.463 e. The van der Waals surface area contributed by atoms with E-state index < -0.39 is 66.7 Å². The number of esters is 4. The van der Waals surface area contributed by atoms with Crippen molar-refractivity contribution in [2.75, 3.05) is 12.9 Å². The average molecular weight is 574 g/mol. The van der Waals surface area contributed by atoms with Crippen LogP contribution < -0.4 is 5.56 Å². The summed E-state index contributed by atoms with van der Waals surface area (Å²) in [7, 11) is 0. The van der Waals surface area contributed by atoms with Gasteiger partial charge in [-0.15, -0.1) is 0 Å². The summed E-state index contributed by atoms with van der Waals surface area (Å²) in [5.41, 5.74) is -0.516. The van der Waals surface area contributed by atoms with Crippen molar-refractivity contribution in [3.63, 3.8) is 0 Å². The van der Waals surface area contributed by atoms with Crippen LogP contribution >= 0.6 is 11.8 Å². The van der Waals surface area contributed by atoms with E-state index in [1.807, 2.05) is 6.07 Å². The van der Waals surface area contributed by atoms with E-state index in [1.54, 1.807) is 36.6 Å². The maximum absolute atomic E-state index is 13.9. The Morgan fingerprint density at radius 2 is 1.52 bits per heavy atom. The summed E-state index contributed by atoms with van der Waals surface area (Å²) in [6.45, 7) is 3.95. The first kappa shape index (κ1) is 30.3. The highest BCUT2D eigenvalue weighted by molar-refractivity contribution is 7.98. The molecule has 0 aliphatic carbocycles. The predicted molar refractivity (Wildman–Crippen MR) is 138 cm³/mol. The van der Waals surface area contributed by atoms with Crippen LogP contribution in [-0.2, 0) is 42.9 Å². The Labute approximate surface area is 233 Å². The summed E-state index contributed by atoms with van der Waals surface area (Å²) in [4.78, 5) is 66.3. The Morgan fingerprint density at radius 1 is 0.950 bits per heavy atom. The van der Waals surface area contributed by atoms with E-state index >= 15 is 0 Å². The van der Waals surface area contributed by atoms with Crippen molar-refractivity contribution in [2.45, 2.75) is 63.5 Å². The van der Waals surface area contributed by atoms with Gasteiger partial charge >= 0.3 is 23.9 Å². The molecule has 3 rings (SSSR count). The molecule has 1 aliphatic heterocycles. The SMILES string of the molecule is CSc1nc(-c2ccccc2)c(C#N)c(=O)n1[C@@H]1O[C@H](COC(C)=O)[C@H](OC(C)=O)[C@H](OC(C)=O)[C@H]1OC(C)=O. The van der Waals surface area contributed by atoms with Crippen molar-refractivity contribution in [1.82, 2.24) is 9.55 Å². The Kier molecular flexibility index (Phi) is 10.0. The third-order valence-electron chi connectivity index (χ3n) is 5.65. The minimum atomic E-state index is -1.54. The highest BCUT2D eigenvalue weighted by Gasteiger charge is 2.53. The molecule has 0 unspecified atom stereocenters. The van der Waals surface area contributed by atoms with Gasteiger partial charge < -0.3 is 23.7 Å². The van der Waals surface area contributed by atoms with Crippen LogP contribution in [0.2, 0.25) is 0 Å². The van der Waals surface area contributed by atoms with Crippen molar-refractivity contribution < 1.29 is 42.9 Å². The number of thioether (sulfide) groups is 1. The summed E-state index contributed by atoms with van der Waals surface area (Å²) < 4.78 is 28.5. The minimum absolute atomic E-state index is 0.0729. The summed E-state index contributed by atoms with van der Waals surface area (Å²) in [6.07, 6.45) is -5.63. The maximum Gasteiger partial charge on any atom is 0.303 e. The number of rotatable bonds is 8. The molecule has 0 bridgehead atoms. The maximum atomic E-state index is 13.9. The highest BCUT2D eigenvalue weighted by Crippen LogP contribution is 2.36. The van der Waals surface area contributed by atoms with Crippen LogP contribution in [0.4, 0.5) is 0 Å². The van der Waals surface area contributed by atoms with Crippen LogP contribution in [-0.4, -0.2) is 70.7 Å². The average Bonchev–Trinajstić information content (AvgIpc) is 2.89. The lowest BCUT2D eigenvalue weighted by molar-refractivity contribution is -0.270. The van der Waals surface area contributed by atoms with Crippen molar-refractivity contribution in [2.24, 2.45) is 0 Å². The fraction of sp³-hybridized carbons (Fsp3) is 0.423. The van der Waals surface area contributed by atoms with Gasteiger partial charge in [-0.1, -0.05) is 42.1 Å². The van der Waals surface area contributed by atoms with Crippen LogP contribution in [0, 0.1) is 11.3 Å². The first-order chi connectivity index (χ1) is 19.0. The van der Waals surface area contributed by atoms with Crippen molar-refractivity contribution in [3.8, 4) is 17.3 Å². The monoisotopic (exact) mass is 573 g/mol. The van der Waals surface area contributed by atoms with Crippen molar-refractivity contribution in [3.05, 3.63) is 46.2 Å². The molecule has 0 amide bonds. The highest BCUT2D eigenvalue weighted by atomic mass is 32.2. The third-order valence-corrected chi connectivity index (χ3v) is 6.30. The number of carbonyl (C=O) groups excluding carboxylic acids is 4. The topological polar surface area (TPSA) is 173 Å². The summed E-state index contributed by atoms with van der Waals surface area (Å²) in [5, 5.41) is 10.0. The lowest BCUT2D eigenvalue weighted by Gasteiger charge is -2.45. The lowest BCUT2D eigenvalue weighted by atomic mass is 9.97. The molecule has 1 fully saturated rings. The molecule has 212 valence electrons. The molecule has 1 aromatic heterocycles. The zero-order valence-electron chi connectivity index (χ0n) is 22.3. The summed E-state index contributed by atoms with van der Waals surface area (Å²) in [5.74, 6) is -3.13. The Bertz CT molecular complexity index is 1390. The predicted octanol–water partition coefficient (Wildman–Crippen LogP) is 1.76. The van der Waals surface area contributed by atoms with Gasteiger partial charge in [0.15, 0.2) is 29.7 Å². The molecule has 14 heteroatoms. The van der Waals surface area contributed by atoms with Crippen molar-refractivity contribution >= 4 is 35.6 Å². The van der Waals surface area contributed by atoms with Crippen LogP contribution in [0.5, 0.6) is 0 Å². The molecule has 1 aliphatic rings. The number of nitriles is 1. The Hall–Kier alpha value is -4.22. The van der Waals surface area contributed by atoms with Crippen LogP contribution in [0.25, 0.3) is 11.3 Å². The van der Waals surface area contributed by atoms with Gasteiger partial charge in [0.2, 0.25) is 0 Å².